The molecule has 4 heteroatoms. The Morgan fingerprint density at radius 2 is 1.92 bits per heavy atom. The molecule has 4 rings (SSSR count). The van der Waals surface area contributed by atoms with Crippen molar-refractivity contribution in [3.05, 3.63) is 58.6 Å². The monoisotopic (exact) mass is 338 g/mol. The van der Waals surface area contributed by atoms with E-state index in [-0.39, 0.29) is 0 Å². The maximum atomic E-state index is 5.38. The van der Waals surface area contributed by atoms with Crippen molar-refractivity contribution in [3.8, 4) is 5.75 Å². The van der Waals surface area contributed by atoms with Crippen molar-refractivity contribution >= 4 is 21.6 Å². The van der Waals surface area contributed by atoms with Crippen LogP contribution in [0.2, 0.25) is 0 Å². The number of benzene rings is 2. The van der Waals surface area contributed by atoms with Gasteiger partial charge in [0.05, 0.1) is 22.8 Å². The normalized spacial score (nSPS) is 16.6. The summed E-state index contributed by atoms with van der Waals surface area (Å²) in [6, 6.07) is 13.6. The van der Waals surface area contributed by atoms with Gasteiger partial charge in [-0.15, -0.1) is 11.3 Å². The molecular formula is C20H22N2OS. The molecule has 1 atom stereocenters. The third-order valence-electron chi connectivity index (χ3n) is 5.13. The molecule has 0 fully saturated rings. The maximum Gasteiger partial charge on any atom is 0.119 e. The van der Waals surface area contributed by atoms with Crippen molar-refractivity contribution in [2.45, 2.75) is 25.8 Å². The smallest absolute Gasteiger partial charge is 0.119 e. The van der Waals surface area contributed by atoms with Gasteiger partial charge in [-0.3, -0.25) is 4.90 Å². The Labute approximate surface area is 146 Å². The van der Waals surface area contributed by atoms with Gasteiger partial charge in [0.2, 0.25) is 0 Å². The van der Waals surface area contributed by atoms with Gasteiger partial charge in [-0.25, -0.2) is 4.98 Å². The minimum absolute atomic E-state index is 0.410. The van der Waals surface area contributed by atoms with Crippen LogP contribution >= 0.6 is 11.3 Å². The molecule has 24 heavy (non-hydrogen) atoms. The number of rotatable bonds is 3. The Morgan fingerprint density at radius 3 is 2.75 bits per heavy atom. The fraction of sp³-hybridized carbons (Fsp3) is 0.350. The summed E-state index contributed by atoms with van der Waals surface area (Å²) in [7, 11) is 1.74. The summed E-state index contributed by atoms with van der Waals surface area (Å²) in [6.07, 6.45) is 2.18. The molecule has 1 unspecified atom stereocenters. The molecule has 2 aromatic carbocycles. The highest BCUT2D eigenvalue weighted by molar-refractivity contribution is 7.16. The lowest BCUT2D eigenvalue weighted by Crippen LogP contribution is -2.29. The van der Waals surface area contributed by atoms with E-state index in [0.29, 0.717) is 6.04 Å². The van der Waals surface area contributed by atoms with Gasteiger partial charge in [-0.1, -0.05) is 12.1 Å². The van der Waals surface area contributed by atoms with Crippen molar-refractivity contribution in [3.63, 3.8) is 0 Å². The molecule has 0 amide bonds. The second kappa shape index (κ2) is 6.54. The van der Waals surface area contributed by atoms with Crippen molar-refractivity contribution < 1.29 is 4.74 Å². The van der Waals surface area contributed by atoms with Crippen LogP contribution in [0.5, 0.6) is 5.75 Å². The van der Waals surface area contributed by atoms with E-state index in [1.807, 2.05) is 5.51 Å². The van der Waals surface area contributed by atoms with Crippen LogP contribution in [0.3, 0.4) is 0 Å². The molecule has 0 aliphatic carbocycles. The molecule has 0 N–H and O–H groups in total. The van der Waals surface area contributed by atoms with Crippen LogP contribution in [-0.4, -0.2) is 30.1 Å². The number of fused-ring (bicyclic) bond motifs is 2. The largest absolute Gasteiger partial charge is 0.497 e. The van der Waals surface area contributed by atoms with E-state index in [1.165, 1.54) is 21.4 Å². The minimum Gasteiger partial charge on any atom is -0.497 e. The molecule has 1 aliphatic heterocycles. The number of thiazole rings is 1. The summed E-state index contributed by atoms with van der Waals surface area (Å²) in [5.41, 5.74) is 7.29. The van der Waals surface area contributed by atoms with E-state index in [9.17, 15) is 0 Å². The summed E-state index contributed by atoms with van der Waals surface area (Å²) in [5.74, 6) is 0.962. The highest BCUT2D eigenvalue weighted by atomic mass is 32.1. The van der Waals surface area contributed by atoms with Gasteiger partial charge >= 0.3 is 0 Å². The van der Waals surface area contributed by atoms with Crippen molar-refractivity contribution in [1.82, 2.24) is 9.88 Å². The van der Waals surface area contributed by atoms with Crippen LogP contribution in [0.25, 0.3) is 10.2 Å². The maximum absolute atomic E-state index is 5.38. The topological polar surface area (TPSA) is 25.4 Å². The first-order chi connectivity index (χ1) is 11.7. The molecule has 1 aromatic heterocycles. The summed E-state index contributed by atoms with van der Waals surface area (Å²) in [5, 5.41) is 0. The molecule has 0 spiro atoms. The van der Waals surface area contributed by atoms with E-state index in [4.69, 9.17) is 4.74 Å². The van der Waals surface area contributed by atoms with E-state index in [2.05, 4.69) is 53.2 Å². The Bertz CT molecular complexity index is 858. The van der Waals surface area contributed by atoms with Gasteiger partial charge in [0.25, 0.3) is 0 Å². The summed E-state index contributed by atoms with van der Waals surface area (Å²) in [4.78, 5) is 7.05. The Morgan fingerprint density at radius 1 is 1.08 bits per heavy atom. The highest BCUT2D eigenvalue weighted by Crippen LogP contribution is 2.28. The van der Waals surface area contributed by atoms with Gasteiger partial charge in [0.1, 0.15) is 5.75 Å². The van der Waals surface area contributed by atoms with Crippen molar-refractivity contribution in [2.75, 3.05) is 20.2 Å². The standard InChI is InChI=1S/C20H22N2OS/c1-14(16-4-6-20-19(12-16)21-13-24-20)22-9-7-15-3-5-18(23-2)11-17(15)8-10-22/h3-6,11-14H,7-10H2,1-2H3. The third-order valence-corrected chi connectivity index (χ3v) is 5.94. The van der Waals surface area contributed by atoms with Crippen LogP contribution in [0.15, 0.2) is 41.9 Å². The second-order valence-corrected chi connectivity index (χ2v) is 7.31. The van der Waals surface area contributed by atoms with Crippen LogP contribution in [-0.2, 0) is 12.8 Å². The lowest BCUT2D eigenvalue weighted by Gasteiger charge is -2.28. The molecule has 3 aromatic rings. The molecule has 2 heterocycles. The van der Waals surface area contributed by atoms with E-state index >= 15 is 0 Å². The molecule has 0 radical (unpaired) electrons. The zero-order valence-corrected chi connectivity index (χ0v) is 15.0. The highest BCUT2D eigenvalue weighted by Gasteiger charge is 2.20. The second-order valence-electron chi connectivity index (χ2n) is 6.43. The zero-order chi connectivity index (χ0) is 16.5. The Hall–Kier alpha value is -1.91. The van der Waals surface area contributed by atoms with Crippen LogP contribution < -0.4 is 4.74 Å². The first-order valence-electron chi connectivity index (χ1n) is 8.47. The number of ether oxygens (including phenoxy) is 1. The number of hydrogen-bond acceptors (Lipinski definition) is 4. The molecule has 0 saturated carbocycles. The quantitative estimate of drug-likeness (QED) is 0.705. The van der Waals surface area contributed by atoms with Gasteiger partial charge in [-0.05, 0) is 60.7 Å². The average molecular weight is 338 g/mol. The van der Waals surface area contributed by atoms with Gasteiger partial charge < -0.3 is 4.74 Å². The lowest BCUT2D eigenvalue weighted by molar-refractivity contribution is 0.221. The SMILES string of the molecule is COc1ccc2c(c1)CCN(C(C)c1ccc3scnc3c1)CC2. The molecule has 0 bridgehead atoms. The summed E-state index contributed by atoms with van der Waals surface area (Å²) >= 11 is 1.71. The first-order valence-corrected chi connectivity index (χ1v) is 9.35. The Kier molecular flexibility index (Phi) is 4.25. The molecule has 1 aliphatic rings. The van der Waals surface area contributed by atoms with Gasteiger partial charge in [0, 0.05) is 19.1 Å². The summed E-state index contributed by atoms with van der Waals surface area (Å²) in [6.45, 7) is 4.48. The number of aromatic nitrogens is 1. The van der Waals surface area contributed by atoms with Crippen LogP contribution in [0.1, 0.15) is 29.7 Å². The fourth-order valence-corrected chi connectivity index (χ4v) is 4.24. The Balaban J connectivity index is 1.54. The average Bonchev–Trinajstić information content (AvgIpc) is 2.99. The minimum atomic E-state index is 0.410. The predicted octanol–water partition coefficient (Wildman–Crippen LogP) is 4.47. The van der Waals surface area contributed by atoms with Gasteiger partial charge in [-0.2, -0.15) is 0 Å². The fourth-order valence-electron chi connectivity index (χ4n) is 3.58. The van der Waals surface area contributed by atoms with Crippen LogP contribution in [0, 0.1) is 0 Å². The van der Waals surface area contributed by atoms with E-state index in [1.54, 1.807) is 18.4 Å². The number of hydrogen-bond donors (Lipinski definition) is 0. The van der Waals surface area contributed by atoms with E-state index in [0.717, 1.165) is 37.2 Å². The van der Waals surface area contributed by atoms with Crippen molar-refractivity contribution in [1.29, 1.82) is 0 Å². The molecule has 0 saturated heterocycles. The number of methoxy groups -OCH3 is 1. The summed E-state index contributed by atoms with van der Waals surface area (Å²) < 4.78 is 6.64. The number of nitrogens with zero attached hydrogens (tertiary/aromatic N) is 2. The lowest BCUT2D eigenvalue weighted by atomic mass is 10.0. The zero-order valence-electron chi connectivity index (χ0n) is 14.2. The predicted molar refractivity (Wildman–Crippen MR) is 100 cm³/mol. The molecule has 3 nitrogen and oxygen atoms in total. The van der Waals surface area contributed by atoms with Gasteiger partial charge in [0.15, 0.2) is 0 Å². The molecule has 124 valence electrons. The van der Waals surface area contributed by atoms with E-state index < -0.39 is 0 Å². The van der Waals surface area contributed by atoms with Crippen LogP contribution in [0.4, 0.5) is 0 Å². The molecular weight excluding hydrogens is 316 g/mol. The third kappa shape index (κ3) is 2.92. The van der Waals surface area contributed by atoms with Crippen molar-refractivity contribution in [2.24, 2.45) is 0 Å². The first kappa shape index (κ1) is 15.6.